The molecule has 0 fully saturated rings. The first-order chi connectivity index (χ1) is 6.36. The van der Waals surface area contributed by atoms with Crippen molar-refractivity contribution >= 4 is 21.8 Å². The van der Waals surface area contributed by atoms with E-state index in [2.05, 4.69) is 48.9 Å². The van der Waals surface area contributed by atoms with Gasteiger partial charge in [0.15, 0.2) is 0 Å². The molecule has 1 amide bonds. The number of halogens is 1. The van der Waals surface area contributed by atoms with Gasteiger partial charge in [0.05, 0.1) is 4.83 Å². The van der Waals surface area contributed by atoms with Crippen LogP contribution in [-0.4, -0.2) is 17.3 Å². The summed E-state index contributed by atoms with van der Waals surface area (Å²) in [5, 5.41) is 2.96. The summed E-state index contributed by atoms with van der Waals surface area (Å²) in [6.45, 7) is 11.4. The number of hydrogen-bond acceptors (Lipinski definition) is 1. The highest BCUT2D eigenvalue weighted by molar-refractivity contribution is 9.10. The molecule has 0 heterocycles. The molecular weight excluding hydrogens is 242 g/mol. The van der Waals surface area contributed by atoms with E-state index < -0.39 is 0 Å². The lowest BCUT2D eigenvalue weighted by Gasteiger charge is -2.25. The van der Waals surface area contributed by atoms with E-state index in [1.807, 2.05) is 6.92 Å². The molecule has 14 heavy (non-hydrogen) atoms. The molecule has 2 nitrogen and oxygen atoms in total. The Bertz CT molecular complexity index is 170. The van der Waals surface area contributed by atoms with Crippen LogP contribution >= 0.6 is 15.9 Å². The number of carbonyl (C=O) groups excluding carboxylic acids is 1. The van der Waals surface area contributed by atoms with Gasteiger partial charge >= 0.3 is 0 Å². The summed E-state index contributed by atoms with van der Waals surface area (Å²) in [5.74, 6) is 1.86. The molecule has 0 aromatic heterocycles. The molecule has 0 aliphatic carbocycles. The van der Waals surface area contributed by atoms with Gasteiger partial charge in [-0.25, -0.2) is 0 Å². The molecule has 0 aliphatic rings. The van der Waals surface area contributed by atoms with E-state index >= 15 is 0 Å². The molecule has 0 radical (unpaired) electrons. The highest BCUT2D eigenvalue weighted by Gasteiger charge is 2.18. The third-order valence-electron chi connectivity index (χ3n) is 2.59. The van der Waals surface area contributed by atoms with E-state index in [4.69, 9.17) is 0 Å². The van der Waals surface area contributed by atoms with Crippen molar-refractivity contribution in [1.82, 2.24) is 5.32 Å². The van der Waals surface area contributed by atoms with Gasteiger partial charge < -0.3 is 5.32 Å². The monoisotopic (exact) mass is 263 g/mol. The maximum absolute atomic E-state index is 11.3. The van der Waals surface area contributed by atoms with Gasteiger partial charge in [-0.1, -0.05) is 43.6 Å². The highest BCUT2D eigenvalue weighted by Crippen LogP contribution is 2.19. The summed E-state index contributed by atoms with van der Waals surface area (Å²) in [7, 11) is 0. The molecule has 1 atom stereocenters. The van der Waals surface area contributed by atoms with Crippen molar-refractivity contribution in [3.05, 3.63) is 0 Å². The van der Waals surface area contributed by atoms with Crippen LogP contribution < -0.4 is 5.32 Å². The minimum absolute atomic E-state index is 0.0799. The zero-order chi connectivity index (χ0) is 11.3. The van der Waals surface area contributed by atoms with Crippen LogP contribution in [0.3, 0.4) is 0 Å². The molecule has 0 spiro atoms. The van der Waals surface area contributed by atoms with Gasteiger partial charge in [-0.3, -0.25) is 4.79 Å². The van der Waals surface area contributed by atoms with E-state index in [0.29, 0.717) is 17.8 Å². The predicted molar refractivity (Wildman–Crippen MR) is 64.6 cm³/mol. The molecule has 0 saturated carbocycles. The van der Waals surface area contributed by atoms with E-state index in [0.717, 1.165) is 6.54 Å². The van der Waals surface area contributed by atoms with Crippen molar-refractivity contribution in [2.24, 2.45) is 17.8 Å². The minimum Gasteiger partial charge on any atom is -0.355 e. The second kappa shape index (κ2) is 6.44. The number of carbonyl (C=O) groups is 1. The summed E-state index contributed by atoms with van der Waals surface area (Å²) in [6, 6.07) is 0. The molecule has 0 aliphatic heterocycles. The standard InChI is InChI=1S/C11H22BrNO/c1-7(2)10(8(3)4)6-13-11(14)9(5)12/h7-10H,6H2,1-5H3,(H,13,14). The minimum atomic E-state index is -0.0949. The maximum Gasteiger partial charge on any atom is 0.233 e. The third-order valence-corrected chi connectivity index (χ3v) is 3.00. The fourth-order valence-corrected chi connectivity index (χ4v) is 1.76. The Morgan fingerprint density at radius 3 is 1.86 bits per heavy atom. The Morgan fingerprint density at radius 2 is 1.57 bits per heavy atom. The second-order valence-electron chi connectivity index (χ2n) is 4.51. The Hall–Kier alpha value is -0.0500. The van der Waals surface area contributed by atoms with Crippen LogP contribution in [0, 0.1) is 17.8 Å². The lowest BCUT2D eigenvalue weighted by atomic mass is 9.85. The van der Waals surface area contributed by atoms with E-state index in [9.17, 15) is 4.79 Å². The lowest BCUT2D eigenvalue weighted by Crippen LogP contribution is -2.36. The van der Waals surface area contributed by atoms with Gasteiger partial charge in [0.1, 0.15) is 0 Å². The molecule has 0 saturated heterocycles. The van der Waals surface area contributed by atoms with Crippen LogP contribution in [0.15, 0.2) is 0 Å². The van der Waals surface area contributed by atoms with Crippen LogP contribution in [0.1, 0.15) is 34.6 Å². The van der Waals surface area contributed by atoms with Crippen molar-refractivity contribution in [1.29, 1.82) is 0 Å². The maximum atomic E-state index is 11.3. The van der Waals surface area contributed by atoms with Gasteiger partial charge in [-0.05, 0) is 24.7 Å². The van der Waals surface area contributed by atoms with Gasteiger partial charge in [0.25, 0.3) is 0 Å². The molecule has 1 unspecified atom stereocenters. The summed E-state index contributed by atoms with van der Waals surface area (Å²) >= 11 is 3.25. The molecule has 84 valence electrons. The molecular formula is C11H22BrNO. The molecule has 0 bridgehead atoms. The second-order valence-corrected chi connectivity index (χ2v) is 5.89. The smallest absolute Gasteiger partial charge is 0.233 e. The lowest BCUT2D eigenvalue weighted by molar-refractivity contribution is -0.120. The zero-order valence-corrected chi connectivity index (χ0v) is 11.4. The predicted octanol–water partition coefficient (Wildman–Crippen LogP) is 2.81. The fraction of sp³-hybridized carbons (Fsp3) is 0.909. The summed E-state index contributed by atoms with van der Waals surface area (Å²) in [6.07, 6.45) is 0. The Balaban J connectivity index is 4.01. The third kappa shape index (κ3) is 4.99. The number of alkyl halides is 1. The molecule has 0 aromatic rings. The van der Waals surface area contributed by atoms with Crippen LogP contribution in [0.5, 0.6) is 0 Å². The molecule has 3 heteroatoms. The van der Waals surface area contributed by atoms with Crippen molar-refractivity contribution in [2.75, 3.05) is 6.54 Å². The number of nitrogens with one attached hydrogen (secondary N) is 1. The van der Waals surface area contributed by atoms with Crippen LogP contribution in [0.4, 0.5) is 0 Å². The van der Waals surface area contributed by atoms with Crippen LogP contribution in [-0.2, 0) is 4.79 Å². The number of amides is 1. The quantitative estimate of drug-likeness (QED) is 0.760. The summed E-state index contributed by atoms with van der Waals surface area (Å²) < 4.78 is 0. The molecule has 0 rings (SSSR count). The zero-order valence-electron chi connectivity index (χ0n) is 9.80. The largest absolute Gasteiger partial charge is 0.355 e. The Kier molecular flexibility index (Phi) is 6.41. The Morgan fingerprint density at radius 1 is 1.14 bits per heavy atom. The summed E-state index contributed by atoms with van der Waals surface area (Å²) in [5.41, 5.74) is 0. The van der Waals surface area contributed by atoms with Crippen molar-refractivity contribution < 1.29 is 4.79 Å². The normalized spacial score (nSPS) is 13.8. The highest BCUT2D eigenvalue weighted by atomic mass is 79.9. The van der Waals surface area contributed by atoms with Gasteiger partial charge in [-0.15, -0.1) is 0 Å². The average molecular weight is 264 g/mol. The van der Waals surface area contributed by atoms with E-state index in [1.165, 1.54) is 0 Å². The SMILES string of the molecule is CC(Br)C(=O)NCC(C(C)C)C(C)C. The molecule has 1 N–H and O–H groups in total. The average Bonchev–Trinajstić information content (AvgIpc) is 2.02. The first-order valence-electron chi connectivity index (χ1n) is 5.28. The summed E-state index contributed by atoms with van der Waals surface area (Å²) in [4.78, 5) is 11.2. The van der Waals surface area contributed by atoms with Crippen molar-refractivity contribution in [3.8, 4) is 0 Å². The Labute approximate surface area is 96.0 Å². The van der Waals surface area contributed by atoms with Crippen LogP contribution in [0.25, 0.3) is 0 Å². The first-order valence-corrected chi connectivity index (χ1v) is 6.19. The van der Waals surface area contributed by atoms with Gasteiger partial charge in [-0.2, -0.15) is 0 Å². The van der Waals surface area contributed by atoms with Gasteiger partial charge in [0.2, 0.25) is 5.91 Å². The van der Waals surface area contributed by atoms with Gasteiger partial charge in [0, 0.05) is 6.54 Å². The number of hydrogen-bond donors (Lipinski definition) is 1. The van der Waals surface area contributed by atoms with E-state index in [-0.39, 0.29) is 10.7 Å². The molecule has 0 aromatic carbocycles. The fourth-order valence-electron chi connectivity index (χ4n) is 1.60. The van der Waals surface area contributed by atoms with Crippen molar-refractivity contribution in [3.63, 3.8) is 0 Å². The van der Waals surface area contributed by atoms with Crippen LogP contribution in [0.2, 0.25) is 0 Å². The van der Waals surface area contributed by atoms with E-state index in [1.54, 1.807) is 0 Å². The van der Waals surface area contributed by atoms with Crippen molar-refractivity contribution in [2.45, 2.75) is 39.4 Å². The number of rotatable bonds is 5. The first kappa shape index (κ1) is 13.9. The topological polar surface area (TPSA) is 29.1 Å².